The highest BCUT2D eigenvalue weighted by Crippen LogP contribution is 2.20. The Balaban J connectivity index is 1.80. The molecule has 7 heteroatoms. The smallest absolute Gasteiger partial charge is 0.244 e. The van der Waals surface area contributed by atoms with Crippen LogP contribution in [0.25, 0.3) is 10.9 Å². The summed E-state index contributed by atoms with van der Waals surface area (Å²) in [6.07, 6.45) is 4.46. The summed E-state index contributed by atoms with van der Waals surface area (Å²) in [5, 5.41) is 3.70. The molecular weight excluding hydrogens is 426 g/mol. The first kappa shape index (κ1) is 21.5. The van der Waals surface area contributed by atoms with Gasteiger partial charge >= 0.3 is 0 Å². The zero-order valence-electron chi connectivity index (χ0n) is 17.6. The number of nitrogens with zero attached hydrogens (tertiary/aromatic N) is 2. The normalized spacial score (nSPS) is 10.8. The SMILES string of the molecule is Cc1cc2c(=O)c(C(=O)c3ccncc3)cn(CC(=O)Nc3cccc(Cl)c3)c2cc1C. The molecule has 0 spiro atoms. The molecule has 160 valence electrons. The van der Waals surface area contributed by atoms with Gasteiger partial charge in [-0.15, -0.1) is 0 Å². The van der Waals surface area contributed by atoms with Crippen molar-refractivity contribution in [2.24, 2.45) is 0 Å². The Kier molecular flexibility index (Phi) is 5.88. The fourth-order valence-electron chi connectivity index (χ4n) is 3.52. The van der Waals surface area contributed by atoms with E-state index < -0.39 is 5.78 Å². The maximum absolute atomic E-state index is 13.2. The number of hydrogen-bond donors (Lipinski definition) is 1. The molecule has 0 aliphatic rings. The summed E-state index contributed by atoms with van der Waals surface area (Å²) in [5.41, 5.74) is 3.06. The number of rotatable bonds is 5. The zero-order chi connectivity index (χ0) is 22.8. The molecule has 4 rings (SSSR count). The van der Waals surface area contributed by atoms with Crippen LogP contribution in [-0.2, 0) is 11.3 Å². The summed E-state index contributed by atoms with van der Waals surface area (Å²) in [6, 6.07) is 13.6. The number of fused-ring (bicyclic) bond motifs is 1. The highest BCUT2D eigenvalue weighted by atomic mass is 35.5. The monoisotopic (exact) mass is 445 g/mol. The maximum atomic E-state index is 13.2. The third-order valence-corrected chi connectivity index (χ3v) is 5.54. The molecule has 2 heterocycles. The second kappa shape index (κ2) is 8.77. The van der Waals surface area contributed by atoms with E-state index in [9.17, 15) is 14.4 Å². The largest absolute Gasteiger partial charge is 0.337 e. The van der Waals surface area contributed by atoms with Crippen LogP contribution in [0.4, 0.5) is 5.69 Å². The van der Waals surface area contributed by atoms with Crippen molar-refractivity contribution in [3.8, 4) is 0 Å². The molecule has 0 atom stereocenters. The average Bonchev–Trinajstić information content (AvgIpc) is 2.77. The number of carbonyl (C=O) groups excluding carboxylic acids is 2. The van der Waals surface area contributed by atoms with Gasteiger partial charge in [-0.05, 0) is 67.4 Å². The minimum Gasteiger partial charge on any atom is -0.337 e. The van der Waals surface area contributed by atoms with Gasteiger partial charge in [-0.1, -0.05) is 17.7 Å². The highest BCUT2D eigenvalue weighted by molar-refractivity contribution is 6.30. The number of aromatic nitrogens is 2. The van der Waals surface area contributed by atoms with Crippen LogP contribution in [0.2, 0.25) is 5.02 Å². The summed E-state index contributed by atoms with van der Waals surface area (Å²) in [7, 11) is 0. The molecule has 0 aliphatic heterocycles. The first-order valence-electron chi connectivity index (χ1n) is 9.98. The van der Waals surface area contributed by atoms with E-state index in [1.807, 2.05) is 19.9 Å². The van der Waals surface area contributed by atoms with E-state index in [0.29, 0.717) is 27.2 Å². The Morgan fingerprint density at radius 1 is 1.03 bits per heavy atom. The van der Waals surface area contributed by atoms with Crippen LogP contribution < -0.4 is 10.7 Å². The molecule has 4 aromatic rings. The Bertz CT molecular complexity index is 1410. The number of hydrogen-bond acceptors (Lipinski definition) is 4. The van der Waals surface area contributed by atoms with E-state index >= 15 is 0 Å². The molecule has 6 nitrogen and oxygen atoms in total. The Labute approximate surface area is 189 Å². The third kappa shape index (κ3) is 4.31. The molecule has 0 unspecified atom stereocenters. The lowest BCUT2D eigenvalue weighted by Crippen LogP contribution is -2.24. The van der Waals surface area contributed by atoms with Gasteiger partial charge in [0.05, 0.1) is 11.1 Å². The van der Waals surface area contributed by atoms with E-state index in [-0.39, 0.29) is 23.4 Å². The van der Waals surface area contributed by atoms with Crippen LogP contribution in [0, 0.1) is 13.8 Å². The van der Waals surface area contributed by atoms with Gasteiger partial charge in [0.2, 0.25) is 11.3 Å². The predicted molar refractivity (Wildman–Crippen MR) is 125 cm³/mol. The minimum atomic E-state index is -0.415. The van der Waals surface area contributed by atoms with Gasteiger partial charge in [0.15, 0.2) is 5.78 Å². The molecule has 0 fully saturated rings. The van der Waals surface area contributed by atoms with Crippen LogP contribution in [0.5, 0.6) is 0 Å². The van der Waals surface area contributed by atoms with Crippen molar-refractivity contribution in [2.45, 2.75) is 20.4 Å². The van der Waals surface area contributed by atoms with Crippen molar-refractivity contribution in [1.29, 1.82) is 0 Å². The zero-order valence-corrected chi connectivity index (χ0v) is 18.3. The van der Waals surface area contributed by atoms with Crippen LogP contribution in [0.1, 0.15) is 27.0 Å². The van der Waals surface area contributed by atoms with Crippen molar-refractivity contribution >= 4 is 39.9 Å². The van der Waals surface area contributed by atoms with Gasteiger partial charge in [-0.25, -0.2) is 0 Å². The van der Waals surface area contributed by atoms with E-state index in [1.165, 1.54) is 18.6 Å². The molecule has 32 heavy (non-hydrogen) atoms. The second-order valence-electron chi connectivity index (χ2n) is 7.58. The van der Waals surface area contributed by atoms with Gasteiger partial charge < -0.3 is 9.88 Å². The average molecular weight is 446 g/mol. The summed E-state index contributed by atoms with van der Waals surface area (Å²) in [5.74, 6) is -0.723. The number of pyridine rings is 2. The van der Waals surface area contributed by atoms with E-state index in [0.717, 1.165) is 11.1 Å². The predicted octanol–water partition coefficient (Wildman–Crippen LogP) is 4.54. The maximum Gasteiger partial charge on any atom is 0.244 e. The summed E-state index contributed by atoms with van der Waals surface area (Å²) in [6.45, 7) is 3.76. The van der Waals surface area contributed by atoms with E-state index in [1.54, 1.807) is 47.0 Å². The van der Waals surface area contributed by atoms with Gasteiger partial charge in [0.25, 0.3) is 0 Å². The molecule has 0 saturated heterocycles. The van der Waals surface area contributed by atoms with Crippen molar-refractivity contribution in [2.75, 3.05) is 5.32 Å². The summed E-state index contributed by atoms with van der Waals surface area (Å²) in [4.78, 5) is 43.0. The molecule has 0 aliphatic carbocycles. The number of carbonyl (C=O) groups is 2. The molecule has 0 saturated carbocycles. The topological polar surface area (TPSA) is 81.1 Å². The number of anilines is 1. The molecule has 1 amide bonds. The summed E-state index contributed by atoms with van der Waals surface area (Å²) < 4.78 is 1.64. The summed E-state index contributed by atoms with van der Waals surface area (Å²) >= 11 is 6.00. The highest BCUT2D eigenvalue weighted by Gasteiger charge is 2.19. The van der Waals surface area contributed by atoms with Crippen LogP contribution in [-0.4, -0.2) is 21.2 Å². The number of nitrogens with one attached hydrogen (secondary N) is 1. The lowest BCUT2D eigenvalue weighted by molar-refractivity contribution is -0.116. The molecule has 0 radical (unpaired) electrons. The Hall–Kier alpha value is -3.77. The van der Waals surface area contributed by atoms with Crippen molar-refractivity contribution in [1.82, 2.24) is 9.55 Å². The lowest BCUT2D eigenvalue weighted by atomic mass is 10.0. The molecule has 2 aromatic heterocycles. The molecule has 1 N–H and O–H groups in total. The first-order chi connectivity index (χ1) is 15.3. The van der Waals surface area contributed by atoms with Crippen LogP contribution in [0.3, 0.4) is 0 Å². The number of ketones is 1. The van der Waals surface area contributed by atoms with E-state index in [4.69, 9.17) is 11.6 Å². The fourth-order valence-corrected chi connectivity index (χ4v) is 3.71. The molecular formula is C25H20ClN3O3. The van der Waals surface area contributed by atoms with Crippen molar-refractivity contribution in [3.05, 3.63) is 105 Å². The number of halogens is 1. The van der Waals surface area contributed by atoms with Crippen LogP contribution >= 0.6 is 11.6 Å². The standard InChI is InChI=1S/C25H20ClN3O3/c1-15-10-20-22(11-16(15)2)29(14-23(30)28-19-5-3-4-18(26)12-19)13-21(25(20)32)24(31)17-6-8-27-9-7-17/h3-13H,14H2,1-2H3,(H,28,30). The Morgan fingerprint density at radius 3 is 2.47 bits per heavy atom. The quantitative estimate of drug-likeness (QED) is 0.457. The first-order valence-corrected chi connectivity index (χ1v) is 10.4. The second-order valence-corrected chi connectivity index (χ2v) is 8.01. The molecule has 2 aromatic carbocycles. The van der Waals surface area contributed by atoms with Crippen LogP contribution in [0.15, 0.2) is 71.9 Å². The molecule has 0 bridgehead atoms. The van der Waals surface area contributed by atoms with Gasteiger partial charge in [-0.2, -0.15) is 0 Å². The van der Waals surface area contributed by atoms with E-state index in [2.05, 4.69) is 10.3 Å². The number of amides is 1. The van der Waals surface area contributed by atoms with Crippen molar-refractivity contribution in [3.63, 3.8) is 0 Å². The number of benzene rings is 2. The van der Waals surface area contributed by atoms with Gasteiger partial charge in [0.1, 0.15) is 6.54 Å². The lowest BCUT2D eigenvalue weighted by Gasteiger charge is -2.15. The fraction of sp³-hybridized carbons (Fsp3) is 0.120. The minimum absolute atomic E-state index is 0.00232. The third-order valence-electron chi connectivity index (χ3n) is 5.31. The van der Waals surface area contributed by atoms with Gasteiger partial charge in [0, 0.05) is 40.3 Å². The van der Waals surface area contributed by atoms with Crippen molar-refractivity contribution < 1.29 is 9.59 Å². The number of aryl methyl sites for hydroxylation is 2. The Morgan fingerprint density at radius 2 is 1.75 bits per heavy atom. The van der Waals surface area contributed by atoms with Gasteiger partial charge in [-0.3, -0.25) is 19.4 Å².